The highest BCUT2D eigenvalue weighted by molar-refractivity contribution is 7.17. The van der Waals surface area contributed by atoms with Crippen molar-refractivity contribution in [1.82, 2.24) is 9.97 Å². The molecule has 1 aromatic carbocycles. The van der Waals surface area contributed by atoms with Crippen LogP contribution in [0.2, 0.25) is 0 Å². The number of rotatable bonds is 4. The van der Waals surface area contributed by atoms with Crippen molar-refractivity contribution in [3.8, 4) is 0 Å². The van der Waals surface area contributed by atoms with E-state index in [1.165, 1.54) is 0 Å². The number of carboxylic acid groups (broad SMARTS) is 1. The molecule has 0 radical (unpaired) electrons. The Labute approximate surface area is 124 Å². The summed E-state index contributed by atoms with van der Waals surface area (Å²) in [5.41, 5.74) is 7.73. The lowest BCUT2D eigenvalue weighted by Gasteiger charge is -2.07. The Hall–Kier alpha value is -2.67. The summed E-state index contributed by atoms with van der Waals surface area (Å²) in [6.07, 6.45) is 0. The quantitative estimate of drug-likeness (QED) is 0.684. The summed E-state index contributed by atoms with van der Waals surface area (Å²) in [6.45, 7) is 0.531. The number of nitrogens with two attached hydrogens (primary N) is 1. The maximum absolute atomic E-state index is 10.8. The average Bonchev–Trinajstić information content (AvgIpc) is 2.93. The molecule has 0 aliphatic heterocycles. The minimum Gasteiger partial charge on any atom is -0.478 e. The number of aromatic nitrogens is 2. The fourth-order valence-electron chi connectivity index (χ4n) is 1.95. The van der Waals surface area contributed by atoms with Crippen LogP contribution in [-0.2, 0) is 6.54 Å². The van der Waals surface area contributed by atoms with Gasteiger partial charge < -0.3 is 16.2 Å². The Morgan fingerprint density at radius 3 is 2.71 bits per heavy atom. The SMILES string of the molecule is Nc1nc(NCc2ccc(C(=O)O)cc2)c2sccc2n1. The average molecular weight is 300 g/mol. The van der Waals surface area contributed by atoms with E-state index in [0.717, 1.165) is 15.8 Å². The first-order chi connectivity index (χ1) is 10.1. The zero-order valence-corrected chi connectivity index (χ0v) is 11.7. The van der Waals surface area contributed by atoms with Gasteiger partial charge in [0.25, 0.3) is 0 Å². The number of carboxylic acids is 1. The molecule has 21 heavy (non-hydrogen) atoms. The Bertz CT molecular complexity index is 798. The number of fused-ring (bicyclic) bond motifs is 1. The maximum Gasteiger partial charge on any atom is 0.335 e. The third kappa shape index (κ3) is 2.77. The number of thiophene rings is 1. The summed E-state index contributed by atoms with van der Waals surface area (Å²) in [5, 5.41) is 14.0. The number of nitrogens with zero attached hydrogens (tertiary/aromatic N) is 2. The first kappa shape index (κ1) is 13.3. The fourth-order valence-corrected chi connectivity index (χ4v) is 2.75. The first-order valence-electron chi connectivity index (χ1n) is 6.20. The number of hydrogen-bond acceptors (Lipinski definition) is 6. The van der Waals surface area contributed by atoms with Gasteiger partial charge in [0.1, 0.15) is 5.82 Å². The number of anilines is 2. The predicted octanol–water partition coefficient (Wildman–Crippen LogP) is 2.58. The molecule has 0 saturated carbocycles. The summed E-state index contributed by atoms with van der Waals surface area (Å²) in [4.78, 5) is 19.2. The third-order valence-corrected chi connectivity index (χ3v) is 3.89. The molecule has 0 atom stereocenters. The minimum atomic E-state index is -0.932. The van der Waals surface area contributed by atoms with Gasteiger partial charge in [-0.05, 0) is 29.1 Å². The molecule has 0 saturated heterocycles. The Morgan fingerprint density at radius 2 is 2.00 bits per heavy atom. The van der Waals surface area contributed by atoms with Crippen LogP contribution in [0, 0.1) is 0 Å². The summed E-state index contributed by atoms with van der Waals surface area (Å²) in [7, 11) is 0. The molecule has 3 rings (SSSR count). The Morgan fingerprint density at radius 1 is 1.24 bits per heavy atom. The summed E-state index contributed by atoms with van der Waals surface area (Å²) < 4.78 is 0.950. The molecule has 4 N–H and O–H groups in total. The third-order valence-electron chi connectivity index (χ3n) is 2.98. The standard InChI is InChI=1S/C14H12N4O2S/c15-14-17-10-5-6-21-11(10)12(18-14)16-7-8-1-3-9(4-2-8)13(19)20/h1-6H,7H2,(H,19,20)(H3,15,16,17,18). The molecule has 3 aromatic rings. The number of hydrogen-bond donors (Lipinski definition) is 3. The van der Waals surface area contributed by atoms with Crippen molar-refractivity contribution in [2.24, 2.45) is 0 Å². The van der Waals surface area contributed by atoms with Gasteiger partial charge >= 0.3 is 5.97 Å². The van der Waals surface area contributed by atoms with E-state index in [2.05, 4.69) is 15.3 Å². The van der Waals surface area contributed by atoms with Crippen LogP contribution in [0.15, 0.2) is 35.7 Å². The number of benzene rings is 1. The monoisotopic (exact) mass is 300 g/mol. The van der Waals surface area contributed by atoms with Gasteiger partial charge in [-0.15, -0.1) is 11.3 Å². The second-order valence-electron chi connectivity index (χ2n) is 4.42. The number of nitrogens with one attached hydrogen (secondary N) is 1. The fraction of sp³-hybridized carbons (Fsp3) is 0.0714. The topological polar surface area (TPSA) is 101 Å². The largest absolute Gasteiger partial charge is 0.478 e. The lowest BCUT2D eigenvalue weighted by Crippen LogP contribution is -2.05. The van der Waals surface area contributed by atoms with Crippen molar-refractivity contribution < 1.29 is 9.90 Å². The van der Waals surface area contributed by atoms with Crippen molar-refractivity contribution in [3.63, 3.8) is 0 Å². The van der Waals surface area contributed by atoms with E-state index in [-0.39, 0.29) is 11.5 Å². The summed E-state index contributed by atoms with van der Waals surface area (Å²) >= 11 is 1.54. The van der Waals surface area contributed by atoms with Crippen molar-refractivity contribution in [1.29, 1.82) is 0 Å². The van der Waals surface area contributed by atoms with E-state index < -0.39 is 5.97 Å². The molecule has 0 aliphatic carbocycles. The summed E-state index contributed by atoms with van der Waals surface area (Å²) in [5.74, 6) is -0.0159. The number of aromatic carboxylic acids is 1. The highest BCUT2D eigenvalue weighted by Crippen LogP contribution is 2.26. The smallest absolute Gasteiger partial charge is 0.335 e. The highest BCUT2D eigenvalue weighted by atomic mass is 32.1. The van der Waals surface area contributed by atoms with Gasteiger partial charge in [0.15, 0.2) is 0 Å². The predicted molar refractivity (Wildman–Crippen MR) is 82.6 cm³/mol. The zero-order chi connectivity index (χ0) is 14.8. The van der Waals surface area contributed by atoms with Gasteiger partial charge in [-0.3, -0.25) is 0 Å². The van der Waals surface area contributed by atoms with E-state index in [0.29, 0.717) is 12.4 Å². The molecule has 7 heteroatoms. The molecule has 0 unspecified atom stereocenters. The first-order valence-corrected chi connectivity index (χ1v) is 7.08. The second kappa shape index (κ2) is 5.37. The second-order valence-corrected chi connectivity index (χ2v) is 5.34. The van der Waals surface area contributed by atoms with Crippen LogP contribution in [0.1, 0.15) is 15.9 Å². The molecule has 106 valence electrons. The maximum atomic E-state index is 10.8. The molecule has 2 heterocycles. The van der Waals surface area contributed by atoms with E-state index in [4.69, 9.17) is 10.8 Å². The van der Waals surface area contributed by atoms with E-state index in [1.807, 2.05) is 11.4 Å². The van der Waals surface area contributed by atoms with Crippen molar-refractivity contribution >= 4 is 39.3 Å². The number of nitrogen functional groups attached to an aromatic ring is 1. The molecular formula is C14H12N4O2S. The molecule has 0 bridgehead atoms. The summed E-state index contributed by atoms with van der Waals surface area (Å²) in [6, 6.07) is 8.59. The zero-order valence-electron chi connectivity index (χ0n) is 10.9. The molecule has 0 spiro atoms. The van der Waals surface area contributed by atoms with Crippen molar-refractivity contribution in [2.45, 2.75) is 6.54 Å². The minimum absolute atomic E-state index is 0.227. The molecule has 0 aliphatic rings. The van der Waals surface area contributed by atoms with Gasteiger partial charge in [0, 0.05) is 6.54 Å². The number of carbonyl (C=O) groups is 1. The van der Waals surface area contributed by atoms with Gasteiger partial charge in [0.05, 0.1) is 15.8 Å². The van der Waals surface area contributed by atoms with Gasteiger partial charge in [-0.25, -0.2) is 9.78 Å². The molecule has 6 nitrogen and oxygen atoms in total. The van der Waals surface area contributed by atoms with Crippen LogP contribution in [0.3, 0.4) is 0 Å². The van der Waals surface area contributed by atoms with Crippen LogP contribution in [0.4, 0.5) is 11.8 Å². The Balaban J connectivity index is 1.80. The van der Waals surface area contributed by atoms with Crippen LogP contribution in [0.5, 0.6) is 0 Å². The van der Waals surface area contributed by atoms with E-state index in [9.17, 15) is 4.79 Å². The van der Waals surface area contributed by atoms with Crippen molar-refractivity contribution in [3.05, 3.63) is 46.8 Å². The Kier molecular flexibility index (Phi) is 3.41. The highest BCUT2D eigenvalue weighted by Gasteiger charge is 2.07. The van der Waals surface area contributed by atoms with Gasteiger partial charge in [0.2, 0.25) is 5.95 Å². The lowest BCUT2D eigenvalue weighted by atomic mass is 10.1. The molecule has 0 amide bonds. The molecule has 0 fully saturated rings. The van der Waals surface area contributed by atoms with Crippen LogP contribution >= 0.6 is 11.3 Å². The molecular weight excluding hydrogens is 288 g/mol. The van der Waals surface area contributed by atoms with E-state index in [1.54, 1.807) is 35.6 Å². The van der Waals surface area contributed by atoms with Crippen LogP contribution in [-0.4, -0.2) is 21.0 Å². The molecule has 2 aromatic heterocycles. The van der Waals surface area contributed by atoms with Crippen molar-refractivity contribution in [2.75, 3.05) is 11.1 Å². The van der Waals surface area contributed by atoms with Gasteiger partial charge in [-0.2, -0.15) is 4.98 Å². The van der Waals surface area contributed by atoms with E-state index >= 15 is 0 Å². The lowest BCUT2D eigenvalue weighted by molar-refractivity contribution is 0.0697. The van der Waals surface area contributed by atoms with Crippen LogP contribution < -0.4 is 11.1 Å². The van der Waals surface area contributed by atoms with Crippen LogP contribution in [0.25, 0.3) is 10.2 Å². The van der Waals surface area contributed by atoms with Gasteiger partial charge in [-0.1, -0.05) is 12.1 Å². The normalized spacial score (nSPS) is 10.7.